The number of aromatic hydroxyl groups is 1. The first-order valence-electron chi connectivity index (χ1n) is 10.5. The first-order valence-corrected chi connectivity index (χ1v) is 10.5. The number of aromatic nitrogens is 4. The van der Waals surface area contributed by atoms with Gasteiger partial charge in [0.25, 0.3) is 0 Å². The maximum absolute atomic E-state index is 13.4. The van der Waals surface area contributed by atoms with E-state index in [9.17, 15) is 9.90 Å². The molecule has 5 rings (SSSR count). The molecule has 0 amide bonds. The van der Waals surface area contributed by atoms with Crippen LogP contribution in [0.5, 0.6) is 17.2 Å². The van der Waals surface area contributed by atoms with Crippen LogP contribution in [-0.2, 0) is 4.79 Å². The molecule has 164 valence electrons. The molecule has 0 spiro atoms. The average Bonchev–Trinajstić information content (AvgIpc) is 3.27. The van der Waals surface area contributed by atoms with Crippen molar-refractivity contribution in [3.63, 3.8) is 0 Å². The molecule has 2 atom stereocenters. The maximum Gasteiger partial charge on any atom is 0.248 e. The van der Waals surface area contributed by atoms with E-state index in [-0.39, 0.29) is 17.5 Å². The summed E-state index contributed by atoms with van der Waals surface area (Å²) in [7, 11) is 1.63. The fourth-order valence-corrected chi connectivity index (χ4v) is 4.47. The van der Waals surface area contributed by atoms with Crippen LogP contribution >= 0.6 is 0 Å². The summed E-state index contributed by atoms with van der Waals surface area (Å²) in [6, 6.07) is 12.4. The van der Waals surface area contributed by atoms with Crippen molar-refractivity contribution in [2.45, 2.75) is 31.7 Å². The number of allylic oxidation sites excluding steroid dienone is 2. The van der Waals surface area contributed by atoms with Crippen LogP contribution in [0.2, 0.25) is 0 Å². The van der Waals surface area contributed by atoms with E-state index in [1.165, 1.54) is 0 Å². The first-order chi connectivity index (χ1) is 15.6. The van der Waals surface area contributed by atoms with Crippen LogP contribution in [0, 0.1) is 0 Å². The van der Waals surface area contributed by atoms with Crippen molar-refractivity contribution in [2.75, 3.05) is 19.0 Å². The normalized spacial score (nSPS) is 19.8. The molecule has 1 aliphatic heterocycles. The van der Waals surface area contributed by atoms with E-state index < -0.39 is 6.04 Å². The van der Waals surface area contributed by atoms with Gasteiger partial charge in [-0.2, -0.15) is 4.68 Å². The van der Waals surface area contributed by atoms with Crippen LogP contribution in [-0.4, -0.2) is 44.8 Å². The summed E-state index contributed by atoms with van der Waals surface area (Å²) >= 11 is 0. The van der Waals surface area contributed by atoms with Crippen molar-refractivity contribution in [3.05, 3.63) is 64.9 Å². The number of hydrogen-bond donors (Lipinski definition) is 2. The molecule has 9 heteroatoms. The standard InChI is InChI=1S/C23H23N5O4/c1-3-32-20-12-14(6-9-18(20)29)22-21-17(24-23-25-26-27-28(22)23)10-15(11-19(21)30)13-4-7-16(31-2)8-5-13/h4-9,12,15,22,29H,3,10-11H2,1-2H3,(H,24,25,27)/t15-,22+/m0/s1. The molecule has 0 unspecified atom stereocenters. The van der Waals surface area contributed by atoms with Gasteiger partial charge >= 0.3 is 0 Å². The number of anilines is 1. The molecule has 2 aliphatic rings. The molecule has 2 heterocycles. The number of tetrazole rings is 1. The van der Waals surface area contributed by atoms with Gasteiger partial charge in [0, 0.05) is 17.7 Å². The summed E-state index contributed by atoms with van der Waals surface area (Å²) in [5, 5.41) is 25.4. The van der Waals surface area contributed by atoms with Crippen molar-refractivity contribution in [1.82, 2.24) is 20.2 Å². The lowest BCUT2D eigenvalue weighted by atomic mass is 9.78. The largest absolute Gasteiger partial charge is 0.504 e. The molecule has 0 saturated heterocycles. The number of hydrogen-bond acceptors (Lipinski definition) is 8. The van der Waals surface area contributed by atoms with Crippen molar-refractivity contribution in [2.24, 2.45) is 0 Å². The van der Waals surface area contributed by atoms with E-state index >= 15 is 0 Å². The number of fused-ring (bicyclic) bond motifs is 1. The fraction of sp³-hybridized carbons (Fsp3) is 0.304. The number of ether oxygens (including phenoxy) is 2. The summed E-state index contributed by atoms with van der Waals surface area (Å²) in [4.78, 5) is 13.4. The fourth-order valence-electron chi connectivity index (χ4n) is 4.47. The highest BCUT2D eigenvalue weighted by Gasteiger charge is 2.39. The van der Waals surface area contributed by atoms with Crippen LogP contribution in [0.15, 0.2) is 53.7 Å². The van der Waals surface area contributed by atoms with Gasteiger partial charge < -0.3 is 19.9 Å². The molecule has 0 fully saturated rings. The zero-order valence-corrected chi connectivity index (χ0v) is 17.8. The van der Waals surface area contributed by atoms with Crippen LogP contribution in [0.1, 0.15) is 42.9 Å². The highest BCUT2D eigenvalue weighted by atomic mass is 16.5. The van der Waals surface area contributed by atoms with Crippen LogP contribution in [0.3, 0.4) is 0 Å². The van der Waals surface area contributed by atoms with E-state index in [0.717, 1.165) is 22.6 Å². The smallest absolute Gasteiger partial charge is 0.248 e. The van der Waals surface area contributed by atoms with E-state index in [4.69, 9.17) is 9.47 Å². The monoisotopic (exact) mass is 433 g/mol. The third kappa shape index (κ3) is 3.35. The quantitative estimate of drug-likeness (QED) is 0.631. The molecule has 0 radical (unpaired) electrons. The SMILES string of the molecule is CCOc1cc([C@@H]2C3=C(C[C@H](c4ccc(OC)cc4)CC3=O)Nc3nnnn32)ccc1O. The summed E-state index contributed by atoms with van der Waals surface area (Å²) in [5.41, 5.74) is 3.31. The molecular weight excluding hydrogens is 410 g/mol. The third-order valence-electron chi connectivity index (χ3n) is 5.97. The summed E-state index contributed by atoms with van der Waals surface area (Å²) < 4.78 is 12.4. The number of nitrogens with one attached hydrogen (secondary N) is 1. The van der Waals surface area contributed by atoms with Crippen LogP contribution in [0.4, 0.5) is 5.95 Å². The van der Waals surface area contributed by atoms with Gasteiger partial charge in [-0.3, -0.25) is 4.79 Å². The van der Waals surface area contributed by atoms with Crippen molar-refractivity contribution in [1.29, 1.82) is 0 Å². The topological polar surface area (TPSA) is 111 Å². The Kier molecular flexibility index (Phi) is 5.01. The number of nitrogens with zero attached hydrogens (tertiary/aromatic N) is 4. The lowest BCUT2D eigenvalue weighted by Gasteiger charge is -2.34. The van der Waals surface area contributed by atoms with Gasteiger partial charge in [0.1, 0.15) is 11.8 Å². The van der Waals surface area contributed by atoms with Crippen molar-refractivity contribution >= 4 is 11.7 Å². The number of carbonyl (C=O) groups is 1. The molecule has 2 aromatic carbocycles. The Morgan fingerprint density at radius 3 is 2.69 bits per heavy atom. The minimum atomic E-state index is -0.500. The maximum atomic E-state index is 13.4. The number of benzene rings is 2. The van der Waals surface area contributed by atoms with Gasteiger partial charge in [0.2, 0.25) is 5.95 Å². The Morgan fingerprint density at radius 1 is 1.16 bits per heavy atom. The number of carbonyl (C=O) groups excluding carboxylic acids is 1. The van der Waals surface area contributed by atoms with Crippen LogP contribution < -0.4 is 14.8 Å². The predicted molar refractivity (Wildman–Crippen MR) is 116 cm³/mol. The lowest BCUT2D eigenvalue weighted by molar-refractivity contribution is -0.116. The zero-order chi connectivity index (χ0) is 22.2. The molecule has 1 aliphatic carbocycles. The highest BCUT2D eigenvalue weighted by Crippen LogP contribution is 2.44. The van der Waals surface area contributed by atoms with Gasteiger partial charge in [0.05, 0.1) is 13.7 Å². The van der Waals surface area contributed by atoms with Crippen molar-refractivity contribution < 1.29 is 19.4 Å². The molecule has 1 aromatic heterocycles. The molecule has 9 nitrogen and oxygen atoms in total. The van der Waals surface area contributed by atoms with Gasteiger partial charge in [-0.15, -0.1) is 0 Å². The molecule has 0 bridgehead atoms. The van der Waals surface area contributed by atoms with Gasteiger partial charge in [-0.1, -0.05) is 23.3 Å². The molecular formula is C23H23N5O4. The van der Waals surface area contributed by atoms with Crippen molar-refractivity contribution in [3.8, 4) is 17.2 Å². The Labute approximate surface area is 184 Å². The lowest BCUT2D eigenvalue weighted by Crippen LogP contribution is -2.33. The Hall–Kier alpha value is -3.88. The molecule has 0 saturated carbocycles. The summed E-state index contributed by atoms with van der Waals surface area (Å²) in [6.07, 6.45) is 1.05. The van der Waals surface area contributed by atoms with E-state index in [2.05, 4.69) is 20.8 Å². The molecule has 3 aromatic rings. The Morgan fingerprint density at radius 2 is 1.94 bits per heavy atom. The zero-order valence-electron chi connectivity index (χ0n) is 17.8. The van der Waals surface area contributed by atoms with Crippen LogP contribution in [0.25, 0.3) is 0 Å². The minimum absolute atomic E-state index is 0.0387. The third-order valence-corrected chi connectivity index (χ3v) is 5.97. The number of methoxy groups -OCH3 is 1. The minimum Gasteiger partial charge on any atom is -0.504 e. The number of phenolic OH excluding ortho intramolecular Hbond substituents is 1. The number of Topliss-reactive ketones (excluding diaryl/α,β-unsaturated/α-hetero) is 1. The van der Waals surface area contributed by atoms with Gasteiger partial charge in [-0.25, -0.2) is 0 Å². The Balaban J connectivity index is 1.56. The highest BCUT2D eigenvalue weighted by molar-refractivity contribution is 6.00. The molecule has 2 N–H and O–H groups in total. The van der Waals surface area contributed by atoms with E-state index in [1.54, 1.807) is 30.0 Å². The average molecular weight is 433 g/mol. The summed E-state index contributed by atoms with van der Waals surface area (Å²) in [6.45, 7) is 2.26. The van der Waals surface area contributed by atoms with E-state index in [1.807, 2.05) is 31.2 Å². The summed E-state index contributed by atoms with van der Waals surface area (Å²) in [5.74, 6) is 1.74. The second-order valence-corrected chi connectivity index (χ2v) is 7.83. The predicted octanol–water partition coefficient (Wildman–Crippen LogP) is 3.20. The second-order valence-electron chi connectivity index (χ2n) is 7.83. The number of rotatable bonds is 5. The molecule has 32 heavy (non-hydrogen) atoms. The second kappa shape index (κ2) is 7.99. The number of phenols is 1. The Bertz CT molecular complexity index is 1200. The van der Waals surface area contributed by atoms with Gasteiger partial charge in [-0.05, 0) is 65.1 Å². The first kappa shape index (κ1) is 20.0. The van der Waals surface area contributed by atoms with E-state index in [0.29, 0.717) is 36.7 Å². The number of ketones is 1. The van der Waals surface area contributed by atoms with Gasteiger partial charge in [0.15, 0.2) is 17.3 Å².